The molecule has 0 spiro atoms. The normalized spacial score (nSPS) is 11.9. The van der Waals surface area contributed by atoms with Crippen LogP contribution in [0.25, 0.3) is 0 Å². The number of benzene rings is 2. The fourth-order valence-corrected chi connectivity index (χ4v) is 1.88. The lowest BCUT2D eigenvalue weighted by atomic mass is 10.2. The van der Waals surface area contributed by atoms with E-state index in [1.54, 1.807) is 12.1 Å². The van der Waals surface area contributed by atoms with Gasteiger partial charge in [0.2, 0.25) is 0 Å². The first-order valence-corrected chi connectivity index (χ1v) is 6.48. The first kappa shape index (κ1) is 14.3. The summed E-state index contributed by atoms with van der Waals surface area (Å²) in [7, 11) is 1.85. The molecule has 0 amide bonds. The third-order valence-electron chi connectivity index (χ3n) is 2.94. The molecule has 0 aromatic heterocycles. The smallest absolute Gasteiger partial charge is 0.123 e. The Hall–Kier alpha value is -2.07. The molecule has 2 aromatic carbocycles. The van der Waals surface area contributed by atoms with E-state index < -0.39 is 6.10 Å². The number of halogens is 1. The number of aliphatic hydroxyl groups excluding tert-OH is 1. The van der Waals surface area contributed by atoms with Crippen LogP contribution in [0.2, 0.25) is 0 Å². The minimum atomic E-state index is -0.620. The second-order valence-corrected chi connectivity index (χ2v) is 4.63. The molecule has 0 aliphatic heterocycles. The van der Waals surface area contributed by atoms with Gasteiger partial charge in [0, 0.05) is 19.3 Å². The molecule has 2 aromatic rings. The SMILES string of the molecule is CN(C[C@H](O)COc1ccccc1)c1ccc(F)cc1. The number of aliphatic hydroxyl groups is 1. The van der Waals surface area contributed by atoms with Gasteiger partial charge in [0.25, 0.3) is 0 Å². The van der Waals surface area contributed by atoms with Crippen molar-refractivity contribution in [1.29, 1.82) is 0 Å². The molecule has 106 valence electrons. The summed E-state index contributed by atoms with van der Waals surface area (Å²) in [6, 6.07) is 15.5. The number of likely N-dealkylation sites (N-methyl/N-ethyl adjacent to an activating group) is 1. The second kappa shape index (κ2) is 6.91. The van der Waals surface area contributed by atoms with Gasteiger partial charge in [-0.05, 0) is 36.4 Å². The Morgan fingerprint density at radius 3 is 2.40 bits per heavy atom. The zero-order valence-corrected chi connectivity index (χ0v) is 11.4. The number of rotatable bonds is 6. The molecule has 0 fully saturated rings. The first-order valence-electron chi connectivity index (χ1n) is 6.48. The van der Waals surface area contributed by atoms with Crippen LogP contribution in [0.4, 0.5) is 10.1 Å². The summed E-state index contributed by atoms with van der Waals surface area (Å²) < 4.78 is 18.3. The highest BCUT2D eigenvalue weighted by molar-refractivity contribution is 5.45. The van der Waals surface area contributed by atoms with Gasteiger partial charge in [-0.15, -0.1) is 0 Å². The van der Waals surface area contributed by atoms with Crippen molar-refractivity contribution in [2.24, 2.45) is 0 Å². The maximum Gasteiger partial charge on any atom is 0.123 e. The van der Waals surface area contributed by atoms with Gasteiger partial charge in [-0.2, -0.15) is 0 Å². The lowest BCUT2D eigenvalue weighted by Gasteiger charge is -2.22. The summed E-state index contributed by atoms with van der Waals surface area (Å²) in [5.41, 5.74) is 0.852. The van der Waals surface area contributed by atoms with E-state index in [4.69, 9.17) is 4.74 Å². The summed E-state index contributed by atoms with van der Waals surface area (Å²) in [6.45, 7) is 0.633. The molecule has 0 bridgehead atoms. The Morgan fingerprint density at radius 1 is 1.10 bits per heavy atom. The maximum atomic E-state index is 12.8. The lowest BCUT2D eigenvalue weighted by molar-refractivity contribution is 0.113. The summed E-state index contributed by atoms with van der Waals surface area (Å²) in [4.78, 5) is 1.86. The molecular weight excluding hydrogens is 257 g/mol. The van der Waals surface area contributed by atoms with Gasteiger partial charge < -0.3 is 14.7 Å². The van der Waals surface area contributed by atoms with Gasteiger partial charge in [-0.1, -0.05) is 18.2 Å². The largest absolute Gasteiger partial charge is 0.491 e. The van der Waals surface area contributed by atoms with E-state index in [1.807, 2.05) is 42.3 Å². The Bertz CT molecular complexity index is 516. The predicted octanol–water partition coefficient (Wildman–Crippen LogP) is 2.70. The number of hydrogen-bond donors (Lipinski definition) is 1. The fraction of sp³-hybridized carbons (Fsp3) is 0.250. The molecule has 20 heavy (non-hydrogen) atoms. The van der Waals surface area contributed by atoms with E-state index in [1.165, 1.54) is 12.1 Å². The van der Waals surface area contributed by atoms with Crippen LogP contribution in [0, 0.1) is 5.82 Å². The van der Waals surface area contributed by atoms with Crippen LogP contribution in [0.5, 0.6) is 5.75 Å². The van der Waals surface area contributed by atoms with E-state index in [9.17, 15) is 9.50 Å². The molecular formula is C16H18FNO2. The quantitative estimate of drug-likeness (QED) is 0.880. The summed E-state index contributed by atoms with van der Waals surface area (Å²) in [5, 5.41) is 9.96. The topological polar surface area (TPSA) is 32.7 Å². The van der Waals surface area contributed by atoms with Crippen molar-refractivity contribution >= 4 is 5.69 Å². The summed E-state index contributed by atoms with van der Waals surface area (Å²) >= 11 is 0. The molecule has 0 aliphatic carbocycles. The third kappa shape index (κ3) is 4.24. The van der Waals surface area contributed by atoms with Gasteiger partial charge in [0.05, 0.1) is 0 Å². The molecule has 0 unspecified atom stereocenters. The zero-order chi connectivity index (χ0) is 14.4. The zero-order valence-electron chi connectivity index (χ0n) is 11.4. The monoisotopic (exact) mass is 275 g/mol. The summed E-state index contributed by atoms with van der Waals surface area (Å²) in [5.74, 6) is 0.464. The van der Waals surface area contributed by atoms with Gasteiger partial charge in [0.15, 0.2) is 0 Å². The van der Waals surface area contributed by atoms with E-state index >= 15 is 0 Å². The van der Waals surface area contributed by atoms with Crippen LogP contribution in [0.1, 0.15) is 0 Å². The predicted molar refractivity (Wildman–Crippen MR) is 77.6 cm³/mol. The number of anilines is 1. The molecule has 1 atom stereocenters. The average molecular weight is 275 g/mol. The van der Waals surface area contributed by atoms with Gasteiger partial charge in [-0.25, -0.2) is 4.39 Å². The minimum Gasteiger partial charge on any atom is -0.491 e. The highest BCUT2D eigenvalue weighted by Gasteiger charge is 2.10. The van der Waals surface area contributed by atoms with E-state index in [-0.39, 0.29) is 12.4 Å². The molecule has 0 radical (unpaired) electrons. The van der Waals surface area contributed by atoms with E-state index in [0.29, 0.717) is 6.54 Å². The van der Waals surface area contributed by atoms with Crippen molar-refractivity contribution < 1.29 is 14.2 Å². The lowest BCUT2D eigenvalue weighted by Crippen LogP contribution is -2.33. The molecule has 0 aliphatic rings. The van der Waals surface area contributed by atoms with Gasteiger partial charge in [0.1, 0.15) is 24.3 Å². The third-order valence-corrected chi connectivity index (χ3v) is 2.94. The van der Waals surface area contributed by atoms with Crippen molar-refractivity contribution in [3.05, 3.63) is 60.4 Å². The van der Waals surface area contributed by atoms with Crippen LogP contribution in [-0.2, 0) is 0 Å². The highest BCUT2D eigenvalue weighted by atomic mass is 19.1. The fourth-order valence-electron chi connectivity index (χ4n) is 1.88. The second-order valence-electron chi connectivity index (χ2n) is 4.63. The Morgan fingerprint density at radius 2 is 1.75 bits per heavy atom. The molecule has 3 nitrogen and oxygen atoms in total. The van der Waals surface area contributed by atoms with Crippen LogP contribution >= 0.6 is 0 Å². The maximum absolute atomic E-state index is 12.8. The number of nitrogens with zero attached hydrogens (tertiary/aromatic N) is 1. The Labute approximate surface area is 118 Å². The summed E-state index contributed by atoms with van der Waals surface area (Å²) in [6.07, 6.45) is -0.620. The van der Waals surface area contributed by atoms with Crippen LogP contribution in [0.15, 0.2) is 54.6 Å². The van der Waals surface area contributed by atoms with Crippen LogP contribution in [0.3, 0.4) is 0 Å². The Balaban J connectivity index is 1.82. The molecule has 0 saturated carbocycles. The van der Waals surface area contributed by atoms with Crippen molar-refractivity contribution in [2.45, 2.75) is 6.10 Å². The van der Waals surface area contributed by atoms with Gasteiger partial charge in [-0.3, -0.25) is 0 Å². The molecule has 0 saturated heterocycles. The molecule has 2 rings (SSSR count). The van der Waals surface area contributed by atoms with Gasteiger partial charge >= 0.3 is 0 Å². The molecule has 1 N–H and O–H groups in total. The van der Waals surface area contributed by atoms with E-state index in [2.05, 4.69) is 0 Å². The Kier molecular flexibility index (Phi) is 4.96. The van der Waals surface area contributed by atoms with Crippen molar-refractivity contribution in [1.82, 2.24) is 0 Å². The average Bonchev–Trinajstić information content (AvgIpc) is 2.47. The van der Waals surface area contributed by atoms with E-state index in [0.717, 1.165) is 11.4 Å². The van der Waals surface area contributed by atoms with Crippen LogP contribution < -0.4 is 9.64 Å². The standard InChI is InChI=1S/C16H18FNO2/c1-18(14-9-7-13(17)8-10-14)11-15(19)12-20-16-5-3-2-4-6-16/h2-10,15,19H,11-12H2,1H3/t15-/m0/s1. The minimum absolute atomic E-state index is 0.218. The number of para-hydroxylation sites is 1. The van der Waals surface area contributed by atoms with Crippen LogP contribution in [-0.4, -0.2) is 31.4 Å². The van der Waals surface area contributed by atoms with Crippen molar-refractivity contribution in [3.63, 3.8) is 0 Å². The molecule has 4 heteroatoms. The van der Waals surface area contributed by atoms with Crippen molar-refractivity contribution in [2.75, 3.05) is 25.1 Å². The highest BCUT2D eigenvalue weighted by Crippen LogP contribution is 2.14. The number of ether oxygens (including phenoxy) is 1. The molecule has 0 heterocycles. The first-order chi connectivity index (χ1) is 9.65. The van der Waals surface area contributed by atoms with Crippen molar-refractivity contribution in [3.8, 4) is 5.75 Å². The number of hydrogen-bond acceptors (Lipinski definition) is 3.